The quantitative estimate of drug-likeness (QED) is 0.911. The Labute approximate surface area is 115 Å². The van der Waals surface area contributed by atoms with Crippen LogP contribution in [0, 0.1) is 0 Å². The van der Waals surface area contributed by atoms with Gasteiger partial charge < -0.3 is 14.6 Å². The standard InChI is InChI=1S/C13H14N4O3/c1-19-8-11-15-12(20-16-11)9-3-2-4-10(7-9)17-6-5-14-13(17)18/h2-4,7H,5-6,8H2,1H3,(H,14,18). The third-order valence-corrected chi connectivity index (χ3v) is 3.00. The molecule has 7 nitrogen and oxygen atoms in total. The van der Waals surface area contributed by atoms with Gasteiger partial charge in [-0.1, -0.05) is 11.2 Å². The van der Waals surface area contributed by atoms with E-state index in [2.05, 4.69) is 15.5 Å². The minimum absolute atomic E-state index is 0.0900. The number of aromatic nitrogens is 2. The molecule has 0 radical (unpaired) electrons. The molecule has 0 bridgehead atoms. The van der Waals surface area contributed by atoms with Gasteiger partial charge >= 0.3 is 6.03 Å². The van der Waals surface area contributed by atoms with Crippen LogP contribution < -0.4 is 10.2 Å². The summed E-state index contributed by atoms with van der Waals surface area (Å²) in [6.45, 7) is 1.61. The number of carbonyl (C=O) groups is 1. The molecule has 2 aromatic rings. The second-order valence-electron chi connectivity index (χ2n) is 4.38. The van der Waals surface area contributed by atoms with Gasteiger partial charge in [-0.3, -0.25) is 4.90 Å². The number of hydrogen-bond acceptors (Lipinski definition) is 5. The summed E-state index contributed by atoms with van der Waals surface area (Å²) in [6.07, 6.45) is 0. The number of methoxy groups -OCH3 is 1. The molecule has 1 aromatic carbocycles. The summed E-state index contributed by atoms with van der Waals surface area (Å²) in [5, 5.41) is 6.59. The van der Waals surface area contributed by atoms with E-state index >= 15 is 0 Å². The van der Waals surface area contributed by atoms with E-state index < -0.39 is 0 Å². The Hall–Kier alpha value is -2.41. The maximum atomic E-state index is 11.7. The molecule has 0 unspecified atom stereocenters. The first kappa shape index (κ1) is 12.6. The molecule has 1 fully saturated rings. The van der Waals surface area contributed by atoms with Crippen LogP contribution in [0.25, 0.3) is 11.5 Å². The molecule has 1 saturated heterocycles. The number of ether oxygens (including phenoxy) is 1. The largest absolute Gasteiger partial charge is 0.377 e. The highest BCUT2D eigenvalue weighted by atomic mass is 16.5. The summed E-state index contributed by atoms with van der Waals surface area (Å²) < 4.78 is 10.1. The maximum absolute atomic E-state index is 11.7. The van der Waals surface area contributed by atoms with Gasteiger partial charge in [-0.05, 0) is 18.2 Å². The number of nitrogens with one attached hydrogen (secondary N) is 1. The van der Waals surface area contributed by atoms with Gasteiger partial charge in [-0.15, -0.1) is 0 Å². The third kappa shape index (κ3) is 2.35. The number of anilines is 1. The van der Waals surface area contributed by atoms with Gasteiger partial charge in [-0.25, -0.2) is 4.79 Å². The van der Waals surface area contributed by atoms with Gasteiger partial charge in [0.05, 0.1) is 0 Å². The Bertz CT molecular complexity index is 626. The Morgan fingerprint density at radius 3 is 3.15 bits per heavy atom. The first-order chi connectivity index (χ1) is 9.78. The SMILES string of the molecule is COCc1noc(-c2cccc(N3CCNC3=O)c2)n1. The normalized spacial score (nSPS) is 14.7. The summed E-state index contributed by atoms with van der Waals surface area (Å²) in [4.78, 5) is 17.6. The molecule has 1 aliphatic rings. The minimum atomic E-state index is -0.0900. The van der Waals surface area contributed by atoms with E-state index in [0.29, 0.717) is 31.4 Å². The van der Waals surface area contributed by atoms with Crippen molar-refractivity contribution in [2.75, 3.05) is 25.1 Å². The van der Waals surface area contributed by atoms with Gasteiger partial charge in [0.25, 0.3) is 5.89 Å². The number of carbonyl (C=O) groups excluding carboxylic acids is 1. The van der Waals surface area contributed by atoms with Crippen molar-refractivity contribution in [2.24, 2.45) is 0 Å². The molecule has 20 heavy (non-hydrogen) atoms. The van der Waals surface area contributed by atoms with Crippen molar-refractivity contribution < 1.29 is 14.1 Å². The van der Waals surface area contributed by atoms with Crippen LogP contribution in [0.3, 0.4) is 0 Å². The molecule has 104 valence electrons. The van der Waals surface area contributed by atoms with Gasteiger partial charge in [0.2, 0.25) is 0 Å². The summed E-state index contributed by atoms with van der Waals surface area (Å²) in [7, 11) is 1.57. The minimum Gasteiger partial charge on any atom is -0.377 e. The Kier molecular flexibility index (Phi) is 3.34. The summed E-state index contributed by atoms with van der Waals surface area (Å²) in [5.41, 5.74) is 1.58. The lowest BCUT2D eigenvalue weighted by atomic mass is 10.2. The number of rotatable bonds is 4. The van der Waals surface area contributed by atoms with E-state index in [4.69, 9.17) is 9.26 Å². The van der Waals surface area contributed by atoms with E-state index in [1.54, 1.807) is 12.0 Å². The van der Waals surface area contributed by atoms with Gasteiger partial charge in [0.1, 0.15) is 6.61 Å². The fourth-order valence-electron chi connectivity index (χ4n) is 2.08. The molecule has 0 saturated carbocycles. The smallest absolute Gasteiger partial charge is 0.321 e. The molecule has 0 aliphatic carbocycles. The summed E-state index contributed by atoms with van der Waals surface area (Å²) >= 11 is 0. The number of urea groups is 1. The lowest BCUT2D eigenvalue weighted by Crippen LogP contribution is -2.27. The van der Waals surface area contributed by atoms with Crippen LogP contribution in [0.4, 0.5) is 10.5 Å². The molecular formula is C13H14N4O3. The molecule has 1 aromatic heterocycles. The van der Waals surface area contributed by atoms with Crippen molar-refractivity contribution in [3.63, 3.8) is 0 Å². The van der Waals surface area contributed by atoms with Crippen molar-refractivity contribution in [2.45, 2.75) is 6.61 Å². The van der Waals surface area contributed by atoms with Crippen LogP contribution in [0.15, 0.2) is 28.8 Å². The van der Waals surface area contributed by atoms with E-state index in [1.807, 2.05) is 24.3 Å². The van der Waals surface area contributed by atoms with Crippen LogP contribution in [-0.2, 0) is 11.3 Å². The monoisotopic (exact) mass is 274 g/mol. The average molecular weight is 274 g/mol. The number of nitrogens with zero attached hydrogens (tertiary/aromatic N) is 3. The molecular weight excluding hydrogens is 260 g/mol. The fourth-order valence-corrected chi connectivity index (χ4v) is 2.08. The van der Waals surface area contributed by atoms with Crippen LogP contribution in [0.1, 0.15) is 5.82 Å². The van der Waals surface area contributed by atoms with Gasteiger partial charge in [0.15, 0.2) is 5.82 Å². The van der Waals surface area contributed by atoms with Crippen molar-refractivity contribution in [3.8, 4) is 11.5 Å². The third-order valence-electron chi connectivity index (χ3n) is 3.00. The van der Waals surface area contributed by atoms with Crippen molar-refractivity contribution in [1.82, 2.24) is 15.5 Å². The molecule has 1 N–H and O–H groups in total. The molecule has 3 rings (SSSR count). The first-order valence-electron chi connectivity index (χ1n) is 6.25. The van der Waals surface area contributed by atoms with Gasteiger partial charge in [-0.2, -0.15) is 4.98 Å². The van der Waals surface area contributed by atoms with Crippen LogP contribution in [0.5, 0.6) is 0 Å². The predicted octanol–water partition coefficient (Wildman–Crippen LogP) is 1.41. The highest BCUT2D eigenvalue weighted by molar-refractivity contribution is 5.94. The van der Waals surface area contributed by atoms with E-state index in [1.165, 1.54) is 0 Å². The maximum Gasteiger partial charge on any atom is 0.321 e. The number of amides is 2. The molecule has 0 spiro atoms. The van der Waals surface area contributed by atoms with Crippen LogP contribution >= 0.6 is 0 Å². The van der Waals surface area contributed by atoms with Crippen LogP contribution in [-0.4, -0.2) is 36.4 Å². The summed E-state index contributed by atoms with van der Waals surface area (Å²) in [5.74, 6) is 0.908. The number of hydrogen-bond donors (Lipinski definition) is 1. The number of benzene rings is 1. The topological polar surface area (TPSA) is 80.5 Å². The predicted molar refractivity (Wildman–Crippen MR) is 71.2 cm³/mol. The zero-order chi connectivity index (χ0) is 13.9. The summed E-state index contributed by atoms with van der Waals surface area (Å²) in [6, 6.07) is 7.36. The molecule has 2 amide bonds. The highest BCUT2D eigenvalue weighted by Crippen LogP contribution is 2.24. The van der Waals surface area contributed by atoms with Crippen molar-refractivity contribution >= 4 is 11.7 Å². The molecule has 7 heteroatoms. The zero-order valence-electron chi connectivity index (χ0n) is 11.0. The Morgan fingerprint density at radius 1 is 1.50 bits per heavy atom. The second-order valence-corrected chi connectivity index (χ2v) is 4.38. The molecule has 1 aliphatic heterocycles. The highest BCUT2D eigenvalue weighted by Gasteiger charge is 2.21. The second kappa shape index (κ2) is 5.30. The zero-order valence-corrected chi connectivity index (χ0v) is 11.0. The van der Waals surface area contributed by atoms with Crippen molar-refractivity contribution in [3.05, 3.63) is 30.1 Å². The van der Waals surface area contributed by atoms with E-state index in [-0.39, 0.29) is 6.03 Å². The first-order valence-corrected chi connectivity index (χ1v) is 6.25. The van der Waals surface area contributed by atoms with E-state index in [9.17, 15) is 4.79 Å². The lowest BCUT2D eigenvalue weighted by Gasteiger charge is -2.14. The molecule has 2 heterocycles. The van der Waals surface area contributed by atoms with Crippen LogP contribution in [0.2, 0.25) is 0 Å². The fraction of sp³-hybridized carbons (Fsp3) is 0.308. The molecule has 0 atom stereocenters. The average Bonchev–Trinajstić information content (AvgIpc) is 3.08. The van der Waals surface area contributed by atoms with Gasteiger partial charge in [0, 0.05) is 31.5 Å². The van der Waals surface area contributed by atoms with E-state index in [0.717, 1.165) is 11.3 Å². The Balaban J connectivity index is 1.88. The Morgan fingerprint density at radius 2 is 2.40 bits per heavy atom. The van der Waals surface area contributed by atoms with Crippen molar-refractivity contribution in [1.29, 1.82) is 0 Å². The lowest BCUT2D eigenvalue weighted by molar-refractivity contribution is 0.174.